The molecular formula is C16H22BrN2OS+. The minimum atomic E-state index is 1.03. The van der Waals surface area contributed by atoms with Crippen molar-refractivity contribution in [3.8, 4) is 0 Å². The van der Waals surface area contributed by atoms with Gasteiger partial charge in [0.15, 0.2) is 6.20 Å². The smallest absolute Gasteiger partial charge is 0.222 e. The van der Waals surface area contributed by atoms with Crippen LogP contribution in [0.15, 0.2) is 39.8 Å². The lowest BCUT2D eigenvalue weighted by atomic mass is 10.1. The van der Waals surface area contributed by atoms with Gasteiger partial charge in [0.05, 0.1) is 11.6 Å². The van der Waals surface area contributed by atoms with E-state index in [2.05, 4.69) is 48.8 Å². The van der Waals surface area contributed by atoms with Crippen LogP contribution in [0, 0.1) is 27.7 Å². The van der Waals surface area contributed by atoms with Crippen molar-refractivity contribution in [3.63, 3.8) is 0 Å². The summed E-state index contributed by atoms with van der Waals surface area (Å²) in [5.41, 5.74) is 4.92. The Kier molecular flexibility index (Phi) is 7.22. The molecule has 2 rings (SSSR count). The second kappa shape index (κ2) is 8.41. The monoisotopic (exact) mass is 369 g/mol. The molecule has 1 aromatic heterocycles. The molecule has 0 unspecified atom stereocenters. The lowest BCUT2D eigenvalue weighted by Gasteiger charge is -2.08. The van der Waals surface area contributed by atoms with E-state index >= 15 is 0 Å². The van der Waals surface area contributed by atoms with E-state index in [1.54, 1.807) is 18.0 Å². The Bertz CT molecular complexity index is 574. The molecule has 0 fully saturated rings. The molecule has 0 saturated carbocycles. The third-order valence-electron chi connectivity index (χ3n) is 2.99. The van der Waals surface area contributed by atoms with Crippen LogP contribution in [0.1, 0.15) is 22.4 Å². The predicted octanol–water partition coefficient (Wildman–Crippen LogP) is 4.02. The average molecular weight is 370 g/mol. The molecule has 2 aromatic rings. The molecule has 1 aromatic carbocycles. The van der Waals surface area contributed by atoms with Gasteiger partial charge in [0.25, 0.3) is 0 Å². The second-order valence-electron chi connectivity index (χ2n) is 4.83. The van der Waals surface area contributed by atoms with Crippen molar-refractivity contribution < 1.29 is 8.86 Å². The molecule has 0 amide bonds. The highest BCUT2D eigenvalue weighted by Gasteiger charge is 2.04. The van der Waals surface area contributed by atoms with Gasteiger partial charge >= 0.3 is 0 Å². The zero-order chi connectivity index (χ0) is 16.0. The van der Waals surface area contributed by atoms with Gasteiger partial charge < -0.3 is 4.18 Å². The number of nitrogen functional groups attached to an aromatic ring is 1. The molecule has 0 aliphatic carbocycles. The molecule has 0 radical (unpaired) electrons. The van der Waals surface area contributed by atoms with E-state index < -0.39 is 0 Å². The number of benzene rings is 1. The summed E-state index contributed by atoms with van der Waals surface area (Å²) in [7, 11) is 1.70. The van der Waals surface area contributed by atoms with Crippen molar-refractivity contribution in [1.82, 2.24) is 0 Å². The summed E-state index contributed by atoms with van der Waals surface area (Å²) in [6, 6.07) is 8.19. The fourth-order valence-electron chi connectivity index (χ4n) is 1.96. The predicted molar refractivity (Wildman–Crippen MR) is 92.7 cm³/mol. The fraction of sp³-hybridized carbons (Fsp3) is 0.312. The molecule has 3 nitrogen and oxygen atoms in total. The zero-order valence-electron chi connectivity index (χ0n) is 13.1. The van der Waals surface area contributed by atoms with Crippen LogP contribution in [-0.4, -0.2) is 7.11 Å². The van der Waals surface area contributed by atoms with Crippen molar-refractivity contribution >= 4 is 28.0 Å². The molecule has 0 atom stereocenters. The standard InChI is InChI=1S/C10H14OS.C6H8BrN2/c1-7-5-8(2)10(12-11-4)9(3)6-7;1-5-6(7)3-2-4-9(5)8/h5-6H,1-4H3;2-4H,8H2,1H3/q;+1. The lowest BCUT2D eigenvalue weighted by molar-refractivity contribution is -0.646. The van der Waals surface area contributed by atoms with E-state index in [9.17, 15) is 0 Å². The molecule has 21 heavy (non-hydrogen) atoms. The number of pyridine rings is 1. The Morgan fingerprint density at radius 2 is 1.71 bits per heavy atom. The molecule has 0 saturated heterocycles. The highest BCUT2D eigenvalue weighted by atomic mass is 79.9. The lowest BCUT2D eigenvalue weighted by Crippen LogP contribution is -2.46. The maximum Gasteiger partial charge on any atom is 0.222 e. The van der Waals surface area contributed by atoms with Gasteiger partial charge in [-0.25, -0.2) is 5.84 Å². The molecule has 114 valence electrons. The largest absolute Gasteiger partial charge is 0.314 e. The van der Waals surface area contributed by atoms with Gasteiger partial charge in [-0.15, -0.1) is 0 Å². The first-order valence-electron chi connectivity index (χ1n) is 6.57. The summed E-state index contributed by atoms with van der Waals surface area (Å²) in [6.45, 7) is 8.29. The maximum atomic E-state index is 5.51. The van der Waals surface area contributed by atoms with Crippen molar-refractivity contribution in [1.29, 1.82) is 0 Å². The van der Waals surface area contributed by atoms with Crippen molar-refractivity contribution in [2.45, 2.75) is 32.6 Å². The number of hydrogen-bond acceptors (Lipinski definition) is 3. The SMILES string of the molecule is COSc1c(C)cc(C)cc1C.Cc1c(Br)ccc[n+]1N. The van der Waals surface area contributed by atoms with Crippen molar-refractivity contribution in [2.75, 3.05) is 13.0 Å². The number of nitrogens with two attached hydrogens (primary N) is 1. The van der Waals surface area contributed by atoms with Gasteiger partial charge in [-0.2, -0.15) is 0 Å². The highest BCUT2D eigenvalue weighted by Crippen LogP contribution is 2.27. The van der Waals surface area contributed by atoms with Crippen molar-refractivity contribution in [3.05, 3.63) is 57.3 Å². The second-order valence-corrected chi connectivity index (χ2v) is 6.59. The molecule has 0 aliphatic heterocycles. The number of aromatic nitrogens is 1. The average Bonchev–Trinajstić information content (AvgIpc) is 2.41. The molecule has 0 bridgehead atoms. The van der Waals surface area contributed by atoms with E-state index in [4.69, 9.17) is 10.0 Å². The van der Waals surface area contributed by atoms with Crippen molar-refractivity contribution in [2.24, 2.45) is 0 Å². The first-order chi connectivity index (χ1) is 9.86. The van der Waals surface area contributed by atoms with Crippen LogP contribution >= 0.6 is 28.0 Å². The van der Waals surface area contributed by atoms with E-state index in [0.717, 1.165) is 10.2 Å². The third-order valence-corrected chi connectivity index (χ3v) is 4.81. The van der Waals surface area contributed by atoms with Gasteiger partial charge in [0.1, 0.15) is 0 Å². The Morgan fingerprint density at radius 3 is 2.14 bits per heavy atom. The van der Waals surface area contributed by atoms with Gasteiger partial charge in [0, 0.05) is 29.9 Å². The molecule has 5 heteroatoms. The summed E-state index contributed by atoms with van der Waals surface area (Å²) in [6.07, 6.45) is 1.81. The molecule has 0 aliphatic rings. The van der Waals surface area contributed by atoms with Gasteiger partial charge in [-0.05, 0) is 53.9 Å². The molecule has 1 heterocycles. The zero-order valence-corrected chi connectivity index (χ0v) is 15.5. The van der Waals surface area contributed by atoms with E-state index in [-0.39, 0.29) is 0 Å². The summed E-state index contributed by atoms with van der Waals surface area (Å²) in [5, 5.41) is 0. The first kappa shape index (κ1) is 18.0. The van der Waals surface area contributed by atoms with Crippen LogP contribution in [0.2, 0.25) is 0 Å². The number of rotatable bonds is 2. The van der Waals surface area contributed by atoms with Crippen LogP contribution in [-0.2, 0) is 4.18 Å². The number of hydrogen-bond donors (Lipinski definition) is 1. The van der Waals surface area contributed by atoms with Crippen LogP contribution < -0.4 is 10.5 Å². The fourth-order valence-corrected chi connectivity index (χ4v) is 2.86. The highest BCUT2D eigenvalue weighted by molar-refractivity contribution is 9.10. The Hall–Kier alpha value is -1.04. The maximum absolute atomic E-state index is 5.51. The van der Waals surface area contributed by atoms with Gasteiger partial charge in [-0.3, -0.25) is 0 Å². The first-order valence-corrected chi connectivity index (χ1v) is 8.10. The Morgan fingerprint density at radius 1 is 1.14 bits per heavy atom. The van der Waals surface area contributed by atoms with Crippen LogP contribution in [0.4, 0.5) is 0 Å². The van der Waals surface area contributed by atoms with Crippen LogP contribution in [0.5, 0.6) is 0 Å². The topological polar surface area (TPSA) is 39.1 Å². The van der Waals surface area contributed by atoms with Gasteiger partial charge in [0.2, 0.25) is 5.69 Å². The van der Waals surface area contributed by atoms with E-state index in [1.165, 1.54) is 33.6 Å². The summed E-state index contributed by atoms with van der Waals surface area (Å²) < 4.78 is 7.65. The Balaban J connectivity index is 0.000000219. The molecular weight excluding hydrogens is 348 g/mol. The number of aryl methyl sites for hydroxylation is 3. The summed E-state index contributed by atoms with van der Waals surface area (Å²) in [4.78, 5) is 1.24. The van der Waals surface area contributed by atoms with E-state index in [1.807, 2.05) is 19.1 Å². The van der Waals surface area contributed by atoms with Crippen LogP contribution in [0.25, 0.3) is 0 Å². The number of halogens is 1. The molecule has 0 spiro atoms. The van der Waals surface area contributed by atoms with E-state index in [0.29, 0.717) is 0 Å². The number of nitrogens with zero attached hydrogens (tertiary/aromatic N) is 1. The third kappa shape index (κ3) is 5.34. The minimum absolute atomic E-state index is 1.03. The summed E-state index contributed by atoms with van der Waals surface area (Å²) in [5.74, 6) is 5.51. The quantitative estimate of drug-likeness (QED) is 0.493. The normalized spacial score (nSPS) is 10.0. The Labute approximate surface area is 139 Å². The van der Waals surface area contributed by atoms with Crippen LogP contribution in [0.3, 0.4) is 0 Å². The minimum Gasteiger partial charge on any atom is -0.314 e. The molecule has 2 N–H and O–H groups in total. The summed E-state index contributed by atoms with van der Waals surface area (Å²) >= 11 is 4.78. The van der Waals surface area contributed by atoms with Gasteiger partial charge in [-0.1, -0.05) is 22.4 Å².